The van der Waals surface area contributed by atoms with E-state index in [9.17, 15) is 14.4 Å². The van der Waals surface area contributed by atoms with Crippen molar-refractivity contribution in [2.75, 3.05) is 23.7 Å². The van der Waals surface area contributed by atoms with E-state index < -0.39 is 5.25 Å². The Labute approximate surface area is 189 Å². The molecule has 1 saturated heterocycles. The largest absolute Gasteiger partial charge is 0.342 e. The van der Waals surface area contributed by atoms with E-state index in [1.54, 1.807) is 29.3 Å². The number of anilines is 2. The minimum atomic E-state index is -0.507. The molecule has 9 heteroatoms. The molecule has 0 spiro atoms. The van der Waals surface area contributed by atoms with Crippen molar-refractivity contribution in [2.24, 2.45) is 5.92 Å². The molecule has 7 nitrogen and oxygen atoms in total. The molecule has 2 aliphatic heterocycles. The van der Waals surface area contributed by atoms with Crippen molar-refractivity contribution < 1.29 is 14.4 Å². The monoisotopic (exact) mass is 458 g/mol. The van der Waals surface area contributed by atoms with Gasteiger partial charge in [0.2, 0.25) is 17.7 Å². The van der Waals surface area contributed by atoms with Gasteiger partial charge >= 0.3 is 0 Å². The van der Waals surface area contributed by atoms with Gasteiger partial charge in [0.05, 0.1) is 16.9 Å². The number of fused-ring (bicyclic) bond motifs is 1. The molecular weight excluding hydrogens is 436 g/mol. The summed E-state index contributed by atoms with van der Waals surface area (Å²) in [4.78, 5) is 44.8. The van der Waals surface area contributed by atoms with E-state index in [0.717, 1.165) is 16.9 Å². The van der Waals surface area contributed by atoms with Crippen molar-refractivity contribution in [1.82, 2.24) is 9.88 Å². The van der Waals surface area contributed by atoms with E-state index in [2.05, 4.69) is 15.6 Å². The van der Waals surface area contributed by atoms with Crippen LogP contribution in [0, 0.1) is 12.8 Å². The Balaban J connectivity index is 1.35. The predicted octanol–water partition coefficient (Wildman–Crippen LogP) is 3.72. The van der Waals surface area contributed by atoms with Crippen molar-refractivity contribution in [3.8, 4) is 0 Å². The summed E-state index contributed by atoms with van der Waals surface area (Å²) < 4.78 is 0. The number of rotatable bonds is 4. The first kappa shape index (κ1) is 21.6. The van der Waals surface area contributed by atoms with Crippen LogP contribution in [0.5, 0.6) is 0 Å². The van der Waals surface area contributed by atoms with Crippen LogP contribution >= 0.6 is 23.4 Å². The molecule has 0 aliphatic carbocycles. The molecule has 2 aromatic rings. The molecule has 1 fully saturated rings. The third-order valence-corrected chi connectivity index (χ3v) is 6.94. The lowest BCUT2D eigenvalue weighted by Crippen LogP contribution is -2.45. The number of hydrogen-bond acceptors (Lipinski definition) is 5. The molecule has 0 bridgehead atoms. The minimum Gasteiger partial charge on any atom is -0.342 e. The highest BCUT2D eigenvalue weighted by atomic mass is 35.5. The normalized spacial score (nSPS) is 20.6. The van der Waals surface area contributed by atoms with Gasteiger partial charge in [-0.2, -0.15) is 0 Å². The molecule has 0 radical (unpaired) electrons. The molecular formula is C22H23ClN4O3S. The highest BCUT2D eigenvalue weighted by Gasteiger charge is 2.33. The molecule has 3 heterocycles. The molecule has 4 rings (SSSR count). The van der Waals surface area contributed by atoms with Crippen LogP contribution in [0.2, 0.25) is 5.02 Å². The molecule has 31 heavy (non-hydrogen) atoms. The smallest absolute Gasteiger partial charge is 0.238 e. The number of halogens is 1. The number of carbonyl (C=O) groups excluding carboxylic acids is 3. The van der Waals surface area contributed by atoms with Crippen LogP contribution in [0.3, 0.4) is 0 Å². The van der Waals surface area contributed by atoms with E-state index in [1.165, 1.54) is 11.8 Å². The fourth-order valence-corrected chi connectivity index (χ4v) is 4.99. The first-order valence-electron chi connectivity index (χ1n) is 10.2. The average Bonchev–Trinajstić information content (AvgIpc) is 2.76. The Hall–Kier alpha value is -2.58. The predicted molar refractivity (Wildman–Crippen MR) is 121 cm³/mol. The number of aryl methyl sites for hydroxylation is 1. The van der Waals surface area contributed by atoms with E-state index in [-0.39, 0.29) is 30.1 Å². The Bertz CT molecular complexity index is 1010. The standard InChI is InChI=1S/C22H23ClN4O3S/c1-13-4-7-19(24-11-13)26-21(29)14-3-2-8-27(12-14)20(28)10-18-22(30)25-16-9-15(23)5-6-17(16)31-18/h4-7,9,11,14,18H,2-3,8,10,12H2,1H3,(H,25,30)(H,24,26,29). The van der Waals surface area contributed by atoms with Gasteiger partial charge in [-0.3, -0.25) is 14.4 Å². The number of benzene rings is 1. The maximum atomic E-state index is 12.9. The van der Waals surface area contributed by atoms with Gasteiger partial charge in [0.1, 0.15) is 5.82 Å². The molecule has 2 aliphatic rings. The first-order chi connectivity index (χ1) is 14.9. The number of thioether (sulfide) groups is 1. The molecule has 2 unspecified atom stereocenters. The van der Waals surface area contributed by atoms with Gasteiger partial charge < -0.3 is 15.5 Å². The van der Waals surface area contributed by atoms with Crippen molar-refractivity contribution >= 4 is 52.6 Å². The lowest BCUT2D eigenvalue weighted by molar-refractivity contribution is -0.135. The number of piperidine rings is 1. The number of amides is 3. The van der Waals surface area contributed by atoms with Gasteiger partial charge in [-0.05, 0) is 49.6 Å². The summed E-state index contributed by atoms with van der Waals surface area (Å²) in [7, 11) is 0. The Morgan fingerprint density at radius 1 is 1.32 bits per heavy atom. The Morgan fingerprint density at radius 2 is 2.16 bits per heavy atom. The Morgan fingerprint density at radius 3 is 2.94 bits per heavy atom. The number of aromatic nitrogens is 1. The summed E-state index contributed by atoms with van der Waals surface area (Å²) in [5, 5.41) is 5.71. The topological polar surface area (TPSA) is 91.4 Å². The molecule has 162 valence electrons. The van der Waals surface area contributed by atoms with Gasteiger partial charge in [-0.1, -0.05) is 17.7 Å². The summed E-state index contributed by atoms with van der Waals surface area (Å²) in [6, 6.07) is 8.97. The number of pyridine rings is 1. The van der Waals surface area contributed by atoms with Crippen LogP contribution in [0.4, 0.5) is 11.5 Å². The SMILES string of the molecule is Cc1ccc(NC(=O)C2CCCN(C(=O)CC3Sc4ccc(Cl)cc4NC3=O)C2)nc1. The summed E-state index contributed by atoms with van der Waals surface area (Å²) in [6.45, 7) is 2.88. The van der Waals surface area contributed by atoms with Crippen LogP contribution in [-0.4, -0.2) is 45.9 Å². The summed E-state index contributed by atoms with van der Waals surface area (Å²) in [5.41, 5.74) is 1.69. The van der Waals surface area contributed by atoms with E-state index >= 15 is 0 Å². The van der Waals surface area contributed by atoms with Gasteiger partial charge in [0, 0.05) is 35.6 Å². The highest BCUT2D eigenvalue weighted by Crippen LogP contribution is 2.38. The summed E-state index contributed by atoms with van der Waals surface area (Å²) in [6.07, 6.45) is 3.25. The number of nitrogens with zero attached hydrogens (tertiary/aromatic N) is 2. The zero-order chi connectivity index (χ0) is 22.0. The van der Waals surface area contributed by atoms with Crippen LogP contribution in [0.1, 0.15) is 24.8 Å². The maximum Gasteiger partial charge on any atom is 0.238 e. The second-order valence-electron chi connectivity index (χ2n) is 7.83. The molecule has 1 aromatic carbocycles. The second-order valence-corrected chi connectivity index (χ2v) is 9.51. The number of likely N-dealkylation sites (tertiary alicyclic amines) is 1. The molecule has 2 N–H and O–H groups in total. The molecule has 1 aromatic heterocycles. The van der Waals surface area contributed by atoms with Crippen molar-refractivity contribution in [2.45, 2.75) is 36.3 Å². The van der Waals surface area contributed by atoms with Crippen LogP contribution < -0.4 is 10.6 Å². The van der Waals surface area contributed by atoms with E-state index in [0.29, 0.717) is 36.0 Å². The van der Waals surface area contributed by atoms with Crippen LogP contribution in [0.15, 0.2) is 41.4 Å². The molecule has 3 amide bonds. The number of carbonyl (C=O) groups is 3. The fourth-order valence-electron chi connectivity index (χ4n) is 3.73. The third kappa shape index (κ3) is 5.19. The fraction of sp³-hybridized carbons (Fsp3) is 0.364. The van der Waals surface area contributed by atoms with Gasteiger partial charge in [0.15, 0.2) is 0 Å². The van der Waals surface area contributed by atoms with Gasteiger partial charge in [-0.15, -0.1) is 11.8 Å². The van der Waals surface area contributed by atoms with E-state index in [1.807, 2.05) is 19.1 Å². The maximum absolute atomic E-state index is 12.9. The lowest BCUT2D eigenvalue weighted by Gasteiger charge is -2.33. The Kier molecular flexibility index (Phi) is 6.48. The zero-order valence-electron chi connectivity index (χ0n) is 17.1. The quantitative estimate of drug-likeness (QED) is 0.728. The van der Waals surface area contributed by atoms with Gasteiger partial charge in [-0.25, -0.2) is 4.98 Å². The average molecular weight is 459 g/mol. The van der Waals surface area contributed by atoms with Crippen molar-refractivity contribution in [1.29, 1.82) is 0 Å². The zero-order valence-corrected chi connectivity index (χ0v) is 18.6. The van der Waals surface area contributed by atoms with E-state index in [4.69, 9.17) is 11.6 Å². The minimum absolute atomic E-state index is 0.0897. The third-order valence-electron chi connectivity index (χ3n) is 5.43. The first-order valence-corrected chi connectivity index (χ1v) is 11.4. The van der Waals surface area contributed by atoms with Crippen LogP contribution in [-0.2, 0) is 14.4 Å². The molecule has 2 atom stereocenters. The number of hydrogen-bond donors (Lipinski definition) is 2. The lowest BCUT2D eigenvalue weighted by atomic mass is 9.96. The number of nitrogens with one attached hydrogen (secondary N) is 2. The summed E-state index contributed by atoms with van der Waals surface area (Å²) >= 11 is 7.36. The highest BCUT2D eigenvalue weighted by molar-refractivity contribution is 8.01. The van der Waals surface area contributed by atoms with Crippen molar-refractivity contribution in [3.05, 3.63) is 47.1 Å². The van der Waals surface area contributed by atoms with Crippen LogP contribution in [0.25, 0.3) is 0 Å². The summed E-state index contributed by atoms with van der Waals surface area (Å²) in [5.74, 6) is -0.241. The van der Waals surface area contributed by atoms with Crippen molar-refractivity contribution in [3.63, 3.8) is 0 Å². The molecule has 0 saturated carbocycles. The van der Waals surface area contributed by atoms with Gasteiger partial charge in [0.25, 0.3) is 0 Å². The second kappa shape index (κ2) is 9.28.